The molecule has 0 heterocycles. The molecule has 15 heavy (non-hydrogen) atoms. The SMILES string of the molecule is CCOC(=O)c1c(Cl)c(Cl)[c]c(Cl)c1Cl. The van der Waals surface area contributed by atoms with Crippen LogP contribution < -0.4 is 0 Å². The van der Waals surface area contributed by atoms with E-state index in [1.54, 1.807) is 6.92 Å². The first-order chi connectivity index (χ1) is 6.99. The highest BCUT2D eigenvalue weighted by Crippen LogP contribution is 2.36. The van der Waals surface area contributed by atoms with Crippen LogP contribution in [0.25, 0.3) is 0 Å². The molecule has 1 radical (unpaired) electrons. The Morgan fingerprint density at radius 1 is 1.20 bits per heavy atom. The molecule has 0 aliphatic heterocycles. The lowest BCUT2D eigenvalue weighted by molar-refractivity contribution is 0.0527. The maximum Gasteiger partial charge on any atom is 0.341 e. The summed E-state index contributed by atoms with van der Waals surface area (Å²) < 4.78 is 4.76. The summed E-state index contributed by atoms with van der Waals surface area (Å²) >= 11 is 23.0. The summed E-state index contributed by atoms with van der Waals surface area (Å²) in [6.45, 7) is 1.87. The highest BCUT2D eigenvalue weighted by Gasteiger charge is 2.21. The van der Waals surface area contributed by atoms with Crippen molar-refractivity contribution >= 4 is 52.4 Å². The number of hydrogen-bond acceptors (Lipinski definition) is 2. The molecule has 0 bridgehead atoms. The van der Waals surface area contributed by atoms with E-state index in [0.29, 0.717) is 0 Å². The predicted octanol–water partition coefficient (Wildman–Crippen LogP) is 4.28. The third-order valence-corrected chi connectivity index (χ3v) is 3.04. The number of ether oxygens (including phenoxy) is 1. The summed E-state index contributed by atoms with van der Waals surface area (Å²) in [5.41, 5.74) is -0.0334. The number of carbonyl (C=O) groups excluding carboxylic acids is 1. The Bertz CT molecular complexity index is 377. The van der Waals surface area contributed by atoms with E-state index in [9.17, 15) is 4.79 Å². The van der Waals surface area contributed by atoms with E-state index < -0.39 is 5.97 Å². The monoisotopic (exact) mass is 285 g/mol. The Morgan fingerprint density at radius 2 is 1.67 bits per heavy atom. The summed E-state index contributed by atoms with van der Waals surface area (Å²) in [4.78, 5) is 11.5. The second kappa shape index (κ2) is 5.26. The molecule has 0 fully saturated rings. The van der Waals surface area contributed by atoms with Gasteiger partial charge in [-0.2, -0.15) is 0 Å². The molecule has 0 saturated carbocycles. The van der Waals surface area contributed by atoms with E-state index in [1.165, 1.54) is 0 Å². The Balaban J connectivity index is 3.32. The van der Waals surface area contributed by atoms with Gasteiger partial charge in [-0.05, 0) is 6.92 Å². The van der Waals surface area contributed by atoms with Crippen LogP contribution in [0.1, 0.15) is 17.3 Å². The van der Waals surface area contributed by atoms with Gasteiger partial charge in [0.25, 0.3) is 0 Å². The Labute approximate surface area is 107 Å². The lowest BCUT2D eigenvalue weighted by Crippen LogP contribution is -2.06. The fraction of sp³-hybridized carbons (Fsp3) is 0.222. The summed E-state index contributed by atoms with van der Waals surface area (Å²) in [5, 5.41) is 0.0530. The first-order valence-electron chi connectivity index (χ1n) is 3.91. The van der Waals surface area contributed by atoms with Crippen molar-refractivity contribution in [2.45, 2.75) is 6.92 Å². The molecule has 0 aliphatic carbocycles. The number of esters is 1. The van der Waals surface area contributed by atoms with E-state index in [-0.39, 0.29) is 32.3 Å². The molecule has 1 aromatic carbocycles. The van der Waals surface area contributed by atoms with Crippen molar-refractivity contribution in [2.75, 3.05) is 6.61 Å². The van der Waals surface area contributed by atoms with E-state index in [1.807, 2.05) is 0 Å². The minimum Gasteiger partial charge on any atom is -0.462 e. The van der Waals surface area contributed by atoms with Crippen molar-refractivity contribution in [1.29, 1.82) is 0 Å². The average Bonchev–Trinajstić information content (AvgIpc) is 2.16. The molecule has 81 valence electrons. The molecule has 6 heteroatoms. The Morgan fingerprint density at radius 3 is 2.07 bits per heavy atom. The van der Waals surface area contributed by atoms with Gasteiger partial charge in [-0.1, -0.05) is 46.4 Å². The maximum absolute atomic E-state index is 11.5. The van der Waals surface area contributed by atoms with Crippen LogP contribution in [0.15, 0.2) is 0 Å². The number of hydrogen-bond donors (Lipinski definition) is 0. The number of carbonyl (C=O) groups is 1. The first-order valence-corrected chi connectivity index (χ1v) is 5.42. The Hall–Kier alpha value is -0.150. The lowest BCUT2D eigenvalue weighted by Gasteiger charge is -2.08. The largest absolute Gasteiger partial charge is 0.462 e. The van der Waals surface area contributed by atoms with Crippen LogP contribution in [0.5, 0.6) is 0 Å². The molecular formula is C9H5Cl4O2. The first kappa shape index (κ1) is 12.9. The van der Waals surface area contributed by atoms with Crippen LogP contribution in [0, 0.1) is 6.07 Å². The molecular weight excluding hydrogens is 282 g/mol. The maximum atomic E-state index is 11.5. The molecule has 0 unspecified atom stereocenters. The second-order valence-corrected chi connectivity index (χ2v) is 3.99. The van der Waals surface area contributed by atoms with E-state index in [2.05, 4.69) is 6.07 Å². The van der Waals surface area contributed by atoms with Gasteiger partial charge in [-0.3, -0.25) is 0 Å². The summed E-state index contributed by atoms with van der Waals surface area (Å²) in [6.07, 6.45) is 0. The van der Waals surface area contributed by atoms with Crippen molar-refractivity contribution in [3.05, 3.63) is 31.7 Å². The van der Waals surface area contributed by atoms with Crippen molar-refractivity contribution in [1.82, 2.24) is 0 Å². The van der Waals surface area contributed by atoms with Crippen molar-refractivity contribution in [2.24, 2.45) is 0 Å². The van der Waals surface area contributed by atoms with Crippen LogP contribution in [0.4, 0.5) is 0 Å². The molecule has 2 nitrogen and oxygen atoms in total. The lowest BCUT2D eigenvalue weighted by atomic mass is 10.2. The number of benzene rings is 1. The zero-order valence-corrected chi connectivity index (χ0v) is 10.6. The van der Waals surface area contributed by atoms with Gasteiger partial charge in [0.15, 0.2) is 0 Å². The number of rotatable bonds is 2. The molecule has 0 atom stereocenters. The van der Waals surface area contributed by atoms with Crippen LogP contribution in [-0.2, 0) is 4.74 Å². The standard InChI is InChI=1S/C9H5Cl4O2/c1-2-15-9(14)6-7(12)4(10)3-5(11)8(6)13/h2H2,1H3. The van der Waals surface area contributed by atoms with Gasteiger partial charge in [-0.15, -0.1) is 0 Å². The van der Waals surface area contributed by atoms with Gasteiger partial charge in [-0.25, -0.2) is 4.79 Å². The van der Waals surface area contributed by atoms with E-state index in [0.717, 1.165) is 0 Å². The summed E-state index contributed by atoms with van der Waals surface area (Å²) in [6, 6.07) is 2.50. The summed E-state index contributed by atoms with van der Waals surface area (Å²) in [5.74, 6) is -0.662. The van der Waals surface area contributed by atoms with Gasteiger partial charge in [0.1, 0.15) is 0 Å². The van der Waals surface area contributed by atoms with E-state index in [4.69, 9.17) is 51.1 Å². The van der Waals surface area contributed by atoms with Crippen LogP contribution in [0.3, 0.4) is 0 Å². The molecule has 1 rings (SSSR count). The molecule has 0 aliphatic rings. The van der Waals surface area contributed by atoms with Crippen molar-refractivity contribution < 1.29 is 9.53 Å². The smallest absolute Gasteiger partial charge is 0.341 e. The normalized spacial score (nSPS) is 10.2. The summed E-state index contributed by atoms with van der Waals surface area (Å²) in [7, 11) is 0. The quantitative estimate of drug-likeness (QED) is 0.599. The van der Waals surface area contributed by atoms with Gasteiger partial charge in [0.05, 0.1) is 32.3 Å². The molecule has 0 saturated heterocycles. The van der Waals surface area contributed by atoms with E-state index >= 15 is 0 Å². The minimum absolute atomic E-state index is 0.00971. The predicted molar refractivity (Wildman–Crippen MR) is 61.3 cm³/mol. The molecule has 0 amide bonds. The molecule has 0 aromatic heterocycles. The van der Waals surface area contributed by atoms with Crippen molar-refractivity contribution in [3.63, 3.8) is 0 Å². The highest BCUT2D eigenvalue weighted by molar-refractivity contribution is 6.49. The van der Waals surface area contributed by atoms with Gasteiger partial charge in [0.2, 0.25) is 0 Å². The third-order valence-electron chi connectivity index (χ3n) is 1.52. The zero-order chi connectivity index (χ0) is 11.6. The average molecular weight is 287 g/mol. The van der Waals surface area contributed by atoms with Gasteiger partial charge < -0.3 is 4.74 Å². The highest BCUT2D eigenvalue weighted by atomic mass is 35.5. The molecule has 0 spiro atoms. The fourth-order valence-corrected chi connectivity index (χ4v) is 1.82. The molecule has 1 aromatic rings. The van der Waals surface area contributed by atoms with Crippen LogP contribution in [0.2, 0.25) is 20.1 Å². The fourth-order valence-electron chi connectivity index (χ4n) is 0.904. The number of halogens is 4. The minimum atomic E-state index is -0.662. The van der Waals surface area contributed by atoms with Gasteiger partial charge >= 0.3 is 5.97 Å². The Kier molecular flexibility index (Phi) is 4.53. The van der Waals surface area contributed by atoms with Crippen molar-refractivity contribution in [3.8, 4) is 0 Å². The van der Waals surface area contributed by atoms with Crippen LogP contribution >= 0.6 is 46.4 Å². The zero-order valence-electron chi connectivity index (χ0n) is 7.54. The topological polar surface area (TPSA) is 26.3 Å². The second-order valence-electron chi connectivity index (χ2n) is 2.48. The molecule has 0 N–H and O–H groups in total. The van der Waals surface area contributed by atoms with Crippen LogP contribution in [-0.4, -0.2) is 12.6 Å². The third kappa shape index (κ3) is 2.70. The van der Waals surface area contributed by atoms with Gasteiger partial charge in [0, 0.05) is 6.07 Å².